The lowest BCUT2D eigenvalue weighted by Crippen LogP contribution is -2.36. The molecule has 6 heteroatoms. The number of nitrogens with one attached hydrogen (secondary N) is 1. The minimum absolute atomic E-state index is 0.00580. The topological polar surface area (TPSA) is 73.2 Å². The molecular weight excluding hydrogens is 306 g/mol. The van der Waals surface area contributed by atoms with Crippen molar-refractivity contribution in [1.82, 2.24) is 14.9 Å². The SMILES string of the molecule is COC[C@@H](C)NC(=O)CCc1nc2ccccc2c(=O)n1C1CC1. The smallest absolute Gasteiger partial charge is 0.261 e. The number of aromatic nitrogens is 2. The van der Waals surface area contributed by atoms with Gasteiger partial charge in [0, 0.05) is 32.0 Å². The molecule has 0 spiro atoms. The van der Waals surface area contributed by atoms with Crippen LogP contribution in [-0.4, -0.2) is 35.2 Å². The number of carbonyl (C=O) groups excluding carboxylic acids is 1. The van der Waals surface area contributed by atoms with Gasteiger partial charge in [0.25, 0.3) is 5.56 Å². The van der Waals surface area contributed by atoms with Crippen LogP contribution in [0.4, 0.5) is 0 Å². The van der Waals surface area contributed by atoms with Crippen LogP contribution >= 0.6 is 0 Å². The maximum Gasteiger partial charge on any atom is 0.261 e. The van der Waals surface area contributed by atoms with Crippen molar-refractivity contribution in [3.8, 4) is 0 Å². The van der Waals surface area contributed by atoms with Crippen molar-refractivity contribution in [3.63, 3.8) is 0 Å². The van der Waals surface area contributed by atoms with Crippen molar-refractivity contribution in [2.75, 3.05) is 13.7 Å². The molecule has 1 aliphatic carbocycles. The second-order valence-corrected chi connectivity index (χ2v) is 6.38. The molecule has 1 amide bonds. The van der Waals surface area contributed by atoms with E-state index in [4.69, 9.17) is 4.74 Å². The Bertz CT molecular complexity index is 796. The van der Waals surface area contributed by atoms with E-state index in [1.807, 2.05) is 31.2 Å². The molecule has 0 saturated heterocycles. The molecule has 0 bridgehead atoms. The molecule has 128 valence electrons. The number of nitrogens with zero attached hydrogens (tertiary/aromatic N) is 2. The van der Waals surface area contributed by atoms with Gasteiger partial charge in [0.05, 0.1) is 17.5 Å². The van der Waals surface area contributed by atoms with Crippen molar-refractivity contribution in [3.05, 3.63) is 40.4 Å². The Morgan fingerprint density at radius 2 is 2.17 bits per heavy atom. The monoisotopic (exact) mass is 329 g/mol. The summed E-state index contributed by atoms with van der Waals surface area (Å²) in [5.41, 5.74) is 0.703. The number of aryl methyl sites for hydroxylation is 1. The molecule has 1 N–H and O–H groups in total. The second-order valence-electron chi connectivity index (χ2n) is 6.38. The molecule has 1 aromatic carbocycles. The first-order valence-electron chi connectivity index (χ1n) is 8.38. The summed E-state index contributed by atoms with van der Waals surface area (Å²) in [5, 5.41) is 3.53. The predicted octanol–water partition coefficient (Wildman–Crippen LogP) is 1.82. The van der Waals surface area contributed by atoms with Crippen LogP contribution in [0.3, 0.4) is 0 Å². The molecule has 0 aliphatic heterocycles. The molecule has 0 unspecified atom stereocenters. The minimum atomic E-state index is -0.0516. The Kier molecular flexibility index (Phi) is 4.94. The standard InChI is InChI=1S/C18H23N3O3/c1-12(11-24-2)19-17(22)10-9-16-20-15-6-4-3-5-14(15)18(23)21(16)13-7-8-13/h3-6,12-13H,7-11H2,1-2H3,(H,19,22)/t12-/m1/s1. The number of ether oxygens (including phenoxy) is 1. The van der Waals surface area contributed by atoms with E-state index in [2.05, 4.69) is 10.3 Å². The largest absolute Gasteiger partial charge is 0.383 e. The molecule has 0 radical (unpaired) electrons. The Morgan fingerprint density at radius 1 is 1.42 bits per heavy atom. The molecule has 1 aromatic heterocycles. The Hall–Kier alpha value is -2.21. The van der Waals surface area contributed by atoms with Crippen molar-refractivity contribution in [2.45, 2.75) is 44.7 Å². The van der Waals surface area contributed by atoms with Crippen molar-refractivity contribution >= 4 is 16.8 Å². The van der Waals surface area contributed by atoms with E-state index in [0.717, 1.165) is 12.8 Å². The Balaban J connectivity index is 1.80. The van der Waals surface area contributed by atoms with Crippen LogP contribution in [0.15, 0.2) is 29.1 Å². The summed E-state index contributed by atoms with van der Waals surface area (Å²) in [4.78, 5) is 29.5. The van der Waals surface area contributed by atoms with Gasteiger partial charge in [-0.3, -0.25) is 14.2 Å². The number of hydrogen-bond acceptors (Lipinski definition) is 4. The average Bonchev–Trinajstić information content (AvgIpc) is 3.38. The number of carbonyl (C=O) groups is 1. The Morgan fingerprint density at radius 3 is 2.88 bits per heavy atom. The molecule has 2 aromatic rings. The highest BCUT2D eigenvalue weighted by molar-refractivity contribution is 5.78. The van der Waals surface area contributed by atoms with Crippen LogP contribution in [0.25, 0.3) is 10.9 Å². The number of hydrogen-bond donors (Lipinski definition) is 1. The summed E-state index contributed by atoms with van der Waals surface area (Å²) in [6, 6.07) is 7.59. The normalized spacial score (nSPS) is 15.4. The number of methoxy groups -OCH3 is 1. The minimum Gasteiger partial charge on any atom is -0.383 e. The second kappa shape index (κ2) is 7.13. The van der Waals surface area contributed by atoms with E-state index in [0.29, 0.717) is 36.2 Å². The average molecular weight is 329 g/mol. The summed E-state index contributed by atoms with van der Waals surface area (Å²) in [6.45, 7) is 2.38. The van der Waals surface area contributed by atoms with E-state index in [9.17, 15) is 9.59 Å². The van der Waals surface area contributed by atoms with E-state index >= 15 is 0 Å². The highest BCUT2D eigenvalue weighted by Crippen LogP contribution is 2.34. The fraction of sp³-hybridized carbons (Fsp3) is 0.500. The first kappa shape index (κ1) is 16.6. The molecule has 6 nitrogen and oxygen atoms in total. The van der Waals surface area contributed by atoms with E-state index in [1.165, 1.54) is 0 Å². The summed E-state index contributed by atoms with van der Waals surface area (Å²) < 4.78 is 6.80. The predicted molar refractivity (Wildman–Crippen MR) is 92.1 cm³/mol. The van der Waals surface area contributed by atoms with Crippen LogP contribution in [0.5, 0.6) is 0 Å². The van der Waals surface area contributed by atoms with Gasteiger partial charge in [-0.05, 0) is 31.9 Å². The van der Waals surface area contributed by atoms with Crippen molar-refractivity contribution < 1.29 is 9.53 Å². The fourth-order valence-corrected chi connectivity index (χ4v) is 2.94. The van der Waals surface area contributed by atoms with E-state index < -0.39 is 0 Å². The third-order valence-corrected chi connectivity index (χ3v) is 4.19. The summed E-state index contributed by atoms with van der Waals surface area (Å²) in [5.74, 6) is 0.653. The van der Waals surface area contributed by atoms with E-state index in [1.54, 1.807) is 11.7 Å². The maximum atomic E-state index is 12.7. The van der Waals surface area contributed by atoms with Gasteiger partial charge in [0.2, 0.25) is 5.91 Å². The number of rotatable bonds is 7. The zero-order valence-corrected chi connectivity index (χ0v) is 14.1. The Labute approximate surface area is 140 Å². The number of fused-ring (bicyclic) bond motifs is 1. The molecular formula is C18H23N3O3. The quantitative estimate of drug-likeness (QED) is 0.841. The zero-order chi connectivity index (χ0) is 17.1. The van der Waals surface area contributed by atoms with Gasteiger partial charge >= 0.3 is 0 Å². The molecule has 1 saturated carbocycles. The summed E-state index contributed by atoms with van der Waals surface area (Å²) in [6.07, 6.45) is 2.78. The van der Waals surface area contributed by atoms with Gasteiger partial charge in [0.15, 0.2) is 0 Å². The number of amides is 1. The van der Waals surface area contributed by atoms with Crippen LogP contribution in [0.2, 0.25) is 0 Å². The van der Waals surface area contributed by atoms with Gasteiger partial charge in [-0.2, -0.15) is 0 Å². The van der Waals surface area contributed by atoms with Crippen LogP contribution in [-0.2, 0) is 16.0 Å². The fourth-order valence-electron chi connectivity index (χ4n) is 2.94. The summed E-state index contributed by atoms with van der Waals surface area (Å²) in [7, 11) is 1.61. The highest BCUT2D eigenvalue weighted by atomic mass is 16.5. The molecule has 3 rings (SSSR count). The van der Waals surface area contributed by atoms with Crippen LogP contribution in [0, 0.1) is 0 Å². The molecule has 24 heavy (non-hydrogen) atoms. The van der Waals surface area contributed by atoms with E-state index in [-0.39, 0.29) is 23.6 Å². The van der Waals surface area contributed by atoms with Crippen molar-refractivity contribution in [1.29, 1.82) is 0 Å². The van der Waals surface area contributed by atoms with Crippen LogP contribution < -0.4 is 10.9 Å². The van der Waals surface area contributed by atoms with Gasteiger partial charge in [-0.1, -0.05) is 12.1 Å². The van der Waals surface area contributed by atoms with Gasteiger partial charge < -0.3 is 10.1 Å². The first-order chi connectivity index (χ1) is 11.6. The van der Waals surface area contributed by atoms with Crippen LogP contribution in [0.1, 0.15) is 38.1 Å². The summed E-state index contributed by atoms with van der Waals surface area (Å²) >= 11 is 0. The van der Waals surface area contributed by atoms with Gasteiger partial charge in [-0.25, -0.2) is 4.98 Å². The maximum absolute atomic E-state index is 12.7. The first-order valence-corrected chi connectivity index (χ1v) is 8.38. The number of para-hydroxylation sites is 1. The molecule has 1 heterocycles. The van der Waals surface area contributed by atoms with Gasteiger partial charge in [0.1, 0.15) is 5.82 Å². The van der Waals surface area contributed by atoms with Gasteiger partial charge in [-0.15, -0.1) is 0 Å². The zero-order valence-electron chi connectivity index (χ0n) is 14.1. The lowest BCUT2D eigenvalue weighted by atomic mass is 10.2. The third kappa shape index (κ3) is 3.64. The highest BCUT2D eigenvalue weighted by Gasteiger charge is 2.28. The lowest BCUT2D eigenvalue weighted by Gasteiger charge is -2.15. The molecule has 1 atom stereocenters. The number of benzene rings is 1. The lowest BCUT2D eigenvalue weighted by molar-refractivity contribution is -0.122. The van der Waals surface area contributed by atoms with Crippen molar-refractivity contribution in [2.24, 2.45) is 0 Å². The molecule has 1 aliphatic rings. The molecule has 1 fully saturated rings. The third-order valence-electron chi connectivity index (χ3n) is 4.19.